The summed E-state index contributed by atoms with van der Waals surface area (Å²) in [5, 5.41) is 2.34. The smallest absolute Gasteiger partial charge is 0.303 e. The summed E-state index contributed by atoms with van der Waals surface area (Å²) in [5.74, 6) is 0.0497. The monoisotopic (exact) mass is 313 g/mol. The molecule has 7 heteroatoms. The van der Waals surface area contributed by atoms with Crippen LogP contribution >= 0.6 is 0 Å². The van der Waals surface area contributed by atoms with Crippen molar-refractivity contribution < 1.29 is 21.6 Å². The predicted octanol–water partition coefficient (Wildman–Crippen LogP) is 2.66. The van der Waals surface area contributed by atoms with Gasteiger partial charge in [-0.3, -0.25) is 0 Å². The van der Waals surface area contributed by atoms with Crippen LogP contribution in [-0.2, 0) is 9.84 Å². The van der Waals surface area contributed by atoms with Crippen molar-refractivity contribution >= 4 is 9.84 Å². The van der Waals surface area contributed by atoms with Gasteiger partial charge in [-0.15, -0.1) is 0 Å². The van der Waals surface area contributed by atoms with E-state index in [0.29, 0.717) is 25.7 Å². The molecule has 1 saturated carbocycles. The molecule has 0 aromatic rings. The van der Waals surface area contributed by atoms with Gasteiger partial charge in [-0.05, 0) is 44.4 Å². The Morgan fingerprint density at radius 1 is 1.05 bits per heavy atom. The molecule has 2 fully saturated rings. The van der Waals surface area contributed by atoms with E-state index in [0.717, 1.165) is 12.8 Å². The topological polar surface area (TPSA) is 46.2 Å². The van der Waals surface area contributed by atoms with E-state index in [4.69, 9.17) is 0 Å². The minimum Gasteiger partial charge on any atom is -0.303 e. The average molecular weight is 313 g/mol. The van der Waals surface area contributed by atoms with Crippen LogP contribution in [0.5, 0.6) is 0 Å². The number of alkyl halides is 3. The normalized spacial score (nSPS) is 36.8. The van der Waals surface area contributed by atoms with E-state index in [-0.39, 0.29) is 23.6 Å². The molecule has 1 saturated heterocycles. The summed E-state index contributed by atoms with van der Waals surface area (Å²) in [6, 6.07) is -1.63. The van der Waals surface area contributed by atoms with Crippen LogP contribution in [0.4, 0.5) is 13.2 Å². The zero-order valence-electron chi connectivity index (χ0n) is 11.6. The lowest BCUT2D eigenvalue weighted by atomic mass is 9.79. The predicted molar refractivity (Wildman–Crippen MR) is 71.2 cm³/mol. The first kappa shape index (κ1) is 16.1. The third kappa shape index (κ3) is 3.87. The molecule has 2 rings (SSSR count). The highest BCUT2D eigenvalue weighted by molar-refractivity contribution is 7.91. The Hall–Kier alpha value is -0.300. The molecule has 2 aliphatic rings. The minimum atomic E-state index is -4.20. The number of nitrogens with one attached hydrogen (secondary N) is 1. The number of piperidine rings is 1. The van der Waals surface area contributed by atoms with Crippen molar-refractivity contribution in [1.82, 2.24) is 5.32 Å². The van der Waals surface area contributed by atoms with Crippen molar-refractivity contribution in [2.45, 2.75) is 68.5 Å². The molecule has 0 radical (unpaired) electrons. The van der Waals surface area contributed by atoms with Crippen molar-refractivity contribution in [3.63, 3.8) is 0 Å². The van der Waals surface area contributed by atoms with Gasteiger partial charge >= 0.3 is 6.18 Å². The fourth-order valence-corrected chi connectivity index (χ4v) is 4.72. The SMILES string of the molecule is CS(=O)(=O)C1CCCC(C2CCCC(C(F)(F)F)N2)C1. The number of sulfone groups is 1. The van der Waals surface area contributed by atoms with E-state index in [1.807, 2.05) is 0 Å². The van der Waals surface area contributed by atoms with Gasteiger partial charge in [0.2, 0.25) is 0 Å². The molecule has 118 valence electrons. The number of hydrogen-bond acceptors (Lipinski definition) is 3. The fourth-order valence-electron chi connectivity index (χ4n) is 3.53. The third-order valence-electron chi connectivity index (χ3n) is 4.66. The van der Waals surface area contributed by atoms with Gasteiger partial charge in [-0.25, -0.2) is 8.42 Å². The Bertz CT molecular complexity index is 435. The molecule has 1 heterocycles. The molecule has 20 heavy (non-hydrogen) atoms. The molecule has 1 aliphatic carbocycles. The molecule has 0 bridgehead atoms. The quantitative estimate of drug-likeness (QED) is 0.852. The Morgan fingerprint density at radius 3 is 2.30 bits per heavy atom. The standard InChI is InChI=1S/C13H22F3NO2S/c1-20(18,19)10-5-2-4-9(8-10)11-6-3-7-12(17-11)13(14,15)16/h9-12,17H,2-8H2,1H3. The highest BCUT2D eigenvalue weighted by atomic mass is 32.2. The van der Waals surface area contributed by atoms with Gasteiger partial charge in [0.25, 0.3) is 0 Å². The highest BCUT2D eigenvalue weighted by Gasteiger charge is 2.44. The maximum absolute atomic E-state index is 12.8. The van der Waals surface area contributed by atoms with Crippen LogP contribution in [-0.4, -0.2) is 38.2 Å². The summed E-state index contributed by atoms with van der Waals surface area (Å²) >= 11 is 0. The Labute approximate surface area is 118 Å². The van der Waals surface area contributed by atoms with Gasteiger partial charge in [0.1, 0.15) is 15.9 Å². The lowest BCUT2D eigenvalue weighted by Gasteiger charge is -2.39. The maximum Gasteiger partial charge on any atom is 0.403 e. The maximum atomic E-state index is 12.8. The summed E-state index contributed by atoms with van der Waals surface area (Å²) < 4.78 is 61.6. The van der Waals surface area contributed by atoms with Crippen LogP contribution in [0.1, 0.15) is 44.9 Å². The van der Waals surface area contributed by atoms with Crippen LogP contribution < -0.4 is 5.32 Å². The summed E-state index contributed by atoms with van der Waals surface area (Å²) in [7, 11) is -3.09. The van der Waals surface area contributed by atoms with E-state index in [2.05, 4.69) is 5.32 Å². The number of rotatable bonds is 2. The van der Waals surface area contributed by atoms with E-state index >= 15 is 0 Å². The van der Waals surface area contributed by atoms with Gasteiger partial charge in [-0.1, -0.05) is 6.42 Å². The molecular weight excluding hydrogens is 291 g/mol. The number of hydrogen-bond donors (Lipinski definition) is 1. The summed E-state index contributed by atoms with van der Waals surface area (Å²) in [6.45, 7) is 0. The zero-order valence-corrected chi connectivity index (χ0v) is 12.4. The van der Waals surface area contributed by atoms with E-state index in [9.17, 15) is 21.6 Å². The minimum absolute atomic E-state index is 0.0497. The second-order valence-corrected chi connectivity index (χ2v) is 8.50. The molecule has 1 aliphatic heterocycles. The lowest BCUT2D eigenvalue weighted by Crippen LogP contribution is -2.53. The number of halogens is 3. The molecule has 4 unspecified atom stereocenters. The largest absolute Gasteiger partial charge is 0.403 e. The van der Waals surface area contributed by atoms with Crippen LogP contribution in [0.25, 0.3) is 0 Å². The molecular formula is C13H22F3NO2S. The molecule has 0 aromatic heterocycles. The first-order chi connectivity index (χ1) is 9.18. The van der Waals surface area contributed by atoms with Gasteiger partial charge in [0.05, 0.1) is 5.25 Å². The van der Waals surface area contributed by atoms with Crippen LogP contribution in [0.3, 0.4) is 0 Å². The van der Waals surface area contributed by atoms with Crippen molar-refractivity contribution in [3.8, 4) is 0 Å². The second-order valence-electron chi connectivity index (χ2n) is 6.18. The van der Waals surface area contributed by atoms with Crippen molar-refractivity contribution in [2.75, 3.05) is 6.26 Å². The second kappa shape index (κ2) is 5.83. The molecule has 3 nitrogen and oxygen atoms in total. The van der Waals surface area contributed by atoms with Crippen molar-refractivity contribution in [2.24, 2.45) is 5.92 Å². The van der Waals surface area contributed by atoms with Crippen LogP contribution in [0, 0.1) is 5.92 Å². The third-order valence-corrected chi connectivity index (χ3v) is 6.30. The van der Waals surface area contributed by atoms with Gasteiger partial charge in [-0.2, -0.15) is 13.2 Å². The Kier molecular flexibility index (Phi) is 4.69. The first-order valence-electron chi connectivity index (χ1n) is 7.19. The van der Waals surface area contributed by atoms with Gasteiger partial charge in [0.15, 0.2) is 0 Å². The summed E-state index contributed by atoms with van der Waals surface area (Å²) in [5.41, 5.74) is 0. The first-order valence-corrected chi connectivity index (χ1v) is 9.15. The Balaban J connectivity index is 2.00. The molecule has 4 atom stereocenters. The molecule has 0 spiro atoms. The molecule has 0 amide bonds. The highest BCUT2D eigenvalue weighted by Crippen LogP contribution is 2.36. The van der Waals surface area contributed by atoms with Crippen molar-refractivity contribution in [3.05, 3.63) is 0 Å². The summed E-state index contributed by atoms with van der Waals surface area (Å²) in [6.07, 6.45) is 1.19. The van der Waals surface area contributed by atoms with Crippen LogP contribution in [0.2, 0.25) is 0 Å². The van der Waals surface area contributed by atoms with E-state index in [1.54, 1.807) is 0 Å². The Morgan fingerprint density at radius 2 is 1.70 bits per heavy atom. The fraction of sp³-hybridized carbons (Fsp3) is 1.00. The van der Waals surface area contributed by atoms with Crippen LogP contribution in [0.15, 0.2) is 0 Å². The van der Waals surface area contributed by atoms with Gasteiger partial charge < -0.3 is 5.32 Å². The zero-order chi connectivity index (χ0) is 15.0. The van der Waals surface area contributed by atoms with Crippen molar-refractivity contribution in [1.29, 1.82) is 0 Å². The molecule has 1 N–H and O–H groups in total. The van der Waals surface area contributed by atoms with Gasteiger partial charge in [0, 0.05) is 12.3 Å². The lowest BCUT2D eigenvalue weighted by molar-refractivity contribution is -0.164. The van der Waals surface area contributed by atoms with E-state index in [1.165, 1.54) is 6.26 Å². The molecule has 0 aromatic carbocycles. The average Bonchev–Trinajstić information content (AvgIpc) is 2.37. The van der Waals surface area contributed by atoms with E-state index < -0.39 is 22.1 Å². The summed E-state index contributed by atoms with van der Waals surface area (Å²) in [4.78, 5) is 0.